The van der Waals surface area contributed by atoms with Gasteiger partial charge >= 0.3 is 0 Å². The number of ether oxygens (including phenoxy) is 1. The molecule has 4 aromatic rings. The van der Waals surface area contributed by atoms with Crippen LogP contribution in [0.2, 0.25) is 0 Å². The standard InChI is InChI=1S/C28H25N3O/c1-3-7-27-30-28-19(2)8-6-10-25(28)31(27)17-20-12-13-22-21(16-20)18-32-26-11-5-4-9-24(26)23(22)14-15-29/h4-6,8-14,16H,3,7,17-18H2,1-2H3. The van der Waals surface area contributed by atoms with Gasteiger partial charge in [0.1, 0.15) is 18.2 Å². The van der Waals surface area contributed by atoms with E-state index in [0.717, 1.165) is 58.7 Å². The maximum atomic E-state index is 9.41. The van der Waals surface area contributed by atoms with Crippen LogP contribution in [0.1, 0.15) is 47.0 Å². The molecule has 0 aliphatic carbocycles. The van der Waals surface area contributed by atoms with Crippen LogP contribution in [-0.4, -0.2) is 9.55 Å². The van der Waals surface area contributed by atoms with Crippen LogP contribution in [0.3, 0.4) is 0 Å². The fraction of sp³-hybridized carbons (Fsp3) is 0.214. The Kier molecular flexibility index (Phi) is 5.25. The molecule has 32 heavy (non-hydrogen) atoms. The number of aromatic nitrogens is 2. The molecule has 0 N–H and O–H groups in total. The van der Waals surface area contributed by atoms with Crippen LogP contribution in [0.25, 0.3) is 16.6 Å². The molecule has 0 radical (unpaired) electrons. The van der Waals surface area contributed by atoms with Gasteiger partial charge in [-0.3, -0.25) is 0 Å². The van der Waals surface area contributed by atoms with Crippen LogP contribution < -0.4 is 4.74 Å². The van der Waals surface area contributed by atoms with Crippen molar-refractivity contribution >= 4 is 16.6 Å². The van der Waals surface area contributed by atoms with E-state index < -0.39 is 0 Å². The molecule has 0 amide bonds. The average Bonchev–Trinajstić information content (AvgIpc) is 3.07. The summed E-state index contributed by atoms with van der Waals surface area (Å²) in [6.07, 6.45) is 3.63. The lowest BCUT2D eigenvalue weighted by molar-refractivity contribution is 0.307. The lowest BCUT2D eigenvalue weighted by Gasteiger charge is -2.13. The minimum Gasteiger partial charge on any atom is -0.488 e. The van der Waals surface area contributed by atoms with E-state index in [9.17, 15) is 5.26 Å². The van der Waals surface area contributed by atoms with Gasteiger partial charge < -0.3 is 9.30 Å². The third kappa shape index (κ3) is 3.46. The highest BCUT2D eigenvalue weighted by molar-refractivity contribution is 5.86. The van der Waals surface area contributed by atoms with Gasteiger partial charge in [-0.05, 0) is 53.8 Å². The molecule has 158 valence electrons. The van der Waals surface area contributed by atoms with Crippen molar-refractivity contribution in [3.8, 4) is 11.8 Å². The van der Waals surface area contributed by atoms with Crippen molar-refractivity contribution < 1.29 is 4.74 Å². The van der Waals surface area contributed by atoms with E-state index in [2.05, 4.69) is 60.9 Å². The number of aryl methyl sites for hydroxylation is 2. The van der Waals surface area contributed by atoms with Crippen molar-refractivity contribution in [3.05, 3.63) is 100 Å². The first kappa shape index (κ1) is 20.1. The number of hydrogen-bond acceptors (Lipinski definition) is 3. The van der Waals surface area contributed by atoms with E-state index in [1.54, 1.807) is 6.08 Å². The van der Waals surface area contributed by atoms with E-state index in [4.69, 9.17) is 9.72 Å². The molecule has 1 aromatic heterocycles. The van der Waals surface area contributed by atoms with E-state index in [-0.39, 0.29) is 0 Å². The summed E-state index contributed by atoms with van der Waals surface area (Å²) in [6, 6.07) is 23.0. The Bertz CT molecular complexity index is 1390. The quantitative estimate of drug-likeness (QED) is 0.370. The summed E-state index contributed by atoms with van der Waals surface area (Å²) in [7, 11) is 0. The van der Waals surface area contributed by atoms with Crippen molar-refractivity contribution in [2.24, 2.45) is 0 Å². The highest BCUT2D eigenvalue weighted by atomic mass is 16.5. The molecule has 0 unspecified atom stereocenters. The molecule has 0 atom stereocenters. The number of nitriles is 1. The van der Waals surface area contributed by atoms with Crippen molar-refractivity contribution in [3.63, 3.8) is 0 Å². The number of rotatable bonds is 4. The number of para-hydroxylation sites is 2. The van der Waals surface area contributed by atoms with Gasteiger partial charge in [-0.1, -0.05) is 49.4 Å². The monoisotopic (exact) mass is 419 g/mol. The van der Waals surface area contributed by atoms with Crippen LogP contribution in [0, 0.1) is 18.3 Å². The summed E-state index contributed by atoms with van der Waals surface area (Å²) in [6.45, 7) is 5.55. The number of imidazole rings is 1. The van der Waals surface area contributed by atoms with Crippen LogP contribution in [0.15, 0.2) is 66.7 Å². The smallest absolute Gasteiger partial charge is 0.127 e. The van der Waals surface area contributed by atoms with Crippen molar-refractivity contribution in [2.45, 2.75) is 39.8 Å². The topological polar surface area (TPSA) is 50.8 Å². The molecule has 4 nitrogen and oxygen atoms in total. The summed E-state index contributed by atoms with van der Waals surface area (Å²) in [5, 5.41) is 9.41. The highest BCUT2D eigenvalue weighted by Crippen LogP contribution is 2.37. The summed E-state index contributed by atoms with van der Waals surface area (Å²) in [4.78, 5) is 4.96. The molecule has 2 heterocycles. The van der Waals surface area contributed by atoms with Gasteiger partial charge in [0.05, 0.1) is 17.1 Å². The molecule has 0 saturated carbocycles. The first-order valence-electron chi connectivity index (χ1n) is 11.1. The first-order valence-corrected chi connectivity index (χ1v) is 11.1. The zero-order chi connectivity index (χ0) is 22.1. The Hall–Kier alpha value is -3.84. The fourth-order valence-electron chi connectivity index (χ4n) is 4.57. The maximum Gasteiger partial charge on any atom is 0.127 e. The molecular formula is C28H25N3O. The van der Waals surface area contributed by atoms with Gasteiger partial charge in [-0.15, -0.1) is 0 Å². The average molecular weight is 420 g/mol. The molecule has 0 saturated heterocycles. The third-order valence-corrected chi connectivity index (χ3v) is 6.10. The minimum absolute atomic E-state index is 0.481. The molecule has 0 bridgehead atoms. The molecule has 1 aliphatic rings. The van der Waals surface area contributed by atoms with Crippen LogP contribution >= 0.6 is 0 Å². The van der Waals surface area contributed by atoms with E-state index in [0.29, 0.717) is 6.61 Å². The second-order valence-electron chi connectivity index (χ2n) is 8.27. The zero-order valence-electron chi connectivity index (χ0n) is 18.4. The van der Waals surface area contributed by atoms with Gasteiger partial charge in [-0.2, -0.15) is 5.26 Å². The molecule has 5 rings (SSSR count). The minimum atomic E-state index is 0.481. The predicted molar refractivity (Wildman–Crippen MR) is 127 cm³/mol. The van der Waals surface area contributed by atoms with Crippen molar-refractivity contribution in [1.29, 1.82) is 5.26 Å². The number of allylic oxidation sites excluding steroid dienone is 1. The molecule has 0 spiro atoms. The molecular weight excluding hydrogens is 394 g/mol. The molecule has 3 aromatic carbocycles. The predicted octanol–water partition coefficient (Wildman–Crippen LogP) is 6.19. The molecule has 4 heteroatoms. The van der Waals surface area contributed by atoms with Crippen LogP contribution in [0.5, 0.6) is 5.75 Å². The molecule has 1 aliphatic heterocycles. The first-order chi connectivity index (χ1) is 15.7. The Morgan fingerprint density at radius 1 is 1.09 bits per heavy atom. The highest BCUT2D eigenvalue weighted by Gasteiger charge is 2.20. The Balaban J connectivity index is 1.58. The van der Waals surface area contributed by atoms with Crippen LogP contribution in [-0.2, 0) is 19.6 Å². The number of hydrogen-bond donors (Lipinski definition) is 0. The van der Waals surface area contributed by atoms with E-state index in [1.807, 2.05) is 24.3 Å². The SMILES string of the molecule is CCCc1nc2c(C)cccc2n1Cc1ccc2c(c1)COc1ccccc1C2=CC#N. The Morgan fingerprint density at radius 2 is 1.97 bits per heavy atom. The van der Waals surface area contributed by atoms with Gasteiger partial charge in [0.15, 0.2) is 0 Å². The summed E-state index contributed by atoms with van der Waals surface area (Å²) in [5.74, 6) is 1.94. The second-order valence-corrected chi connectivity index (χ2v) is 8.27. The van der Waals surface area contributed by atoms with Gasteiger partial charge in [0.25, 0.3) is 0 Å². The lowest BCUT2D eigenvalue weighted by atomic mass is 9.93. The number of fused-ring (bicyclic) bond motifs is 3. The number of benzene rings is 3. The zero-order valence-corrected chi connectivity index (χ0v) is 18.4. The fourth-order valence-corrected chi connectivity index (χ4v) is 4.57. The third-order valence-electron chi connectivity index (χ3n) is 6.10. The molecule has 0 fully saturated rings. The van der Waals surface area contributed by atoms with Gasteiger partial charge in [0, 0.05) is 30.2 Å². The van der Waals surface area contributed by atoms with Crippen molar-refractivity contribution in [1.82, 2.24) is 9.55 Å². The normalized spacial score (nSPS) is 13.8. The second kappa shape index (κ2) is 8.36. The summed E-state index contributed by atoms with van der Waals surface area (Å²) in [5.41, 5.74) is 8.70. The van der Waals surface area contributed by atoms with E-state index in [1.165, 1.54) is 16.6 Å². The Morgan fingerprint density at radius 3 is 2.81 bits per heavy atom. The van der Waals surface area contributed by atoms with Crippen LogP contribution in [0.4, 0.5) is 0 Å². The number of nitrogens with zero attached hydrogens (tertiary/aromatic N) is 3. The lowest BCUT2D eigenvalue weighted by Crippen LogP contribution is -2.06. The van der Waals surface area contributed by atoms with E-state index >= 15 is 0 Å². The summed E-state index contributed by atoms with van der Waals surface area (Å²) >= 11 is 0. The van der Waals surface area contributed by atoms with Gasteiger partial charge in [-0.25, -0.2) is 4.98 Å². The largest absolute Gasteiger partial charge is 0.488 e. The van der Waals surface area contributed by atoms with Gasteiger partial charge in [0.2, 0.25) is 0 Å². The van der Waals surface area contributed by atoms with Crippen molar-refractivity contribution in [2.75, 3.05) is 0 Å². The Labute approximate surface area is 188 Å². The summed E-state index contributed by atoms with van der Waals surface area (Å²) < 4.78 is 8.46. The maximum absolute atomic E-state index is 9.41.